The summed E-state index contributed by atoms with van der Waals surface area (Å²) >= 11 is 0.929. The van der Waals surface area contributed by atoms with E-state index in [4.69, 9.17) is 0 Å². The van der Waals surface area contributed by atoms with E-state index in [1.54, 1.807) is 30.3 Å². The van der Waals surface area contributed by atoms with Crippen LogP contribution in [0, 0.1) is 5.82 Å². The maximum Gasteiger partial charge on any atom is 0.416 e. The minimum atomic E-state index is -5.16. The van der Waals surface area contributed by atoms with Crippen molar-refractivity contribution in [1.29, 1.82) is 0 Å². The number of rotatable bonds is 7. The van der Waals surface area contributed by atoms with Crippen LogP contribution in [0.4, 0.5) is 35.9 Å². The Morgan fingerprint density at radius 2 is 1.43 bits per heavy atom. The van der Waals surface area contributed by atoms with E-state index in [0.717, 1.165) is 11.3 Å². The number of hydrogen-bond donors (Lipinski definition) is 2. The molecule has 1 heterocycles. The quantitative estimate of drug-likeness (QED) is 0.249. The number of carbonyl (C=O) groups excluding carboxylic acids is 2. The number of nitrogens with one attached hydrogen (secondary N) is 2. The van der Waals surface area contributed by atoms with Crippen molar-refractivity contribution in [2.75, 3.05) is 5.32 Å². The zero-order chi connectivity index (χ0) is 29.1. The second-order valence-electron chi connectivity index (χ2n) is 8.42. The molecule has 14 heteroatoms. The Morgan fingerprint density at radius 1 is 0.825 bits per heavy atom. The first-order chi connectivity index (χ1) is 18.8. The number of hydrogen-bond acceptors (Lipinski definition) is 5. The molecule has 0 fully saturated rings. The summed E-state index contributed by atoms with van der Waals surface area (Å²) in [5, 5.41) is 12.8. The van der Waals surface area contributed by atoms with Crippen molar-refractivity contribution < 1.29 is 40.3 Å². The molecule has 4 rings (SSSR count). The average molecular weight is 583 g/mol. The van der Waals surface area contributed by atoms with Crippen LogP contribution in [0.25, 0.3) is 10.6 Å². The smallest absolute Gasteiger partial charge is 0.340 e. The molecule has 0 aliphatic carbocycles. The van der Waals surface area contributed by atoms with Gasteiger partial charge in [-0.25, -0.2) is 4.39 Å². The molecular weight excluding hydrogens is 565 g/mol. The van der Waals surface area contributed by atoms with Crippen LogP contribution in [0.3, 0.4) is 0 Å². The second kappa shape index (κ2) is 11.4. The Balaban J connectivity index is 1.60. The summed E-state index contributed by atoms with van der Waals surface area (Å²) in [6, 6.07) is 12.6. The van der Waals surface area contributed by atoms with E-state index in [2.05, 4.69) is 20.8 Å². The van der Waals surface area contributed by atoms with Crippen LogP contribution in [0.15, 0.2) is 72.8 Å². The van der Waals surface area contributed by atoms with Gasteiger partial charge in [-0.1, -0.05) is 41.7 Å². The molecule has 4 aromatic rings. The van der Waals surface area contributed by atoms with Gasteiger partial charge in [0.15, 0.2) is 0 Å². The zero-order valence-electron chi connectivity index (χ0n) is 20.0. The van der Waals surface area contributed by atoms with Crippen LogP contribution in [0.1, 0.15) is 27.0 Å². The normalized spacial score (nSPS) is 12.6. The summed E-state index contributed by atoms with van der Waals surface area (Å²) in [5.74, 6) is -2.64. The average Bonchev–Trinajstić information content (AvgIpc) is 3.36. The lowest BCUT2D eigenvalue weighted by molar-refractivity contribution is -0.143. The van der Waals surface area contributed by atoms with Crippen molar-refractivity contribution in [3.63, 3.8) is 0 Å². The number of anilines is 1. The van der Waals surface area contributed by atoms with E-state index in [-0.39, 0.29) is 29.8 Å². The van der Waals surface area contributed by atoms with E-state index < -0.39 is 52.7 Å². The van der Waals surface area contributed by atoms with E-state index in [1.165, 1.54) is 24.3 Å². The third kappa shape index (κ3) is 7.20. The Morgan fingerprint density at radius 3 is 2.00 bits per heavy atom. The van der Waals surface area contributed by atoms with Crippen molar-refractivity contribution in [3.8, 4) is 10.6 Å². The Kier molecular flexibility index (Phi) is 8.18. The molecular formula is C26H17F7N4O2S. The van der Waals surface area contributed by atoms with Gasteiger partial charge in [-0.05, 0) is 48.0 Å². The molecule has 40 heavy (non-hydrogen) atoms. The minimum absolute atomic E-state index is 0.00457. The number of aromatic nitrogens is 2. The Labute approximate surface area is 225 Å². The SMILES string of the molecule is O=C(NC(Cc1ccccc1)C(=O)Nc1nnc(-c2ccc(F)cc2)s1)c1cc(C(F)(F)F)cc(C(F)(F)F)c1. The zero-order valence-corrected chi connectivity index (χ0v) is 20.8. The fraction of sp³-hybridized carbons (Fsp3) is 0.154. The lowest BCUT2D eigenvalue weighted by atomic mass is 10.0. The summed E-state index contributed by atoms with van der Waals surface area (Å²) in [4.78, 5) is 26.0. The molecule has 0 spiro atoms. The summed E-state index contributed by atoms with van der Waals surface area (Å²) in [6.07, 6.45) is -10.5. The van der Waals surface area contributed by atoms with E-state index in [9.17, 15) is 40.3 Å². The molecule has 2 N–H and O–H groups in total. The van der Waals surface area contributed by atoms with Crippen LogP contribution in [-0.4, -0.2) is 28.1 Å². The molecule has 3 aromatic carbocycles. The fourth-order valence-corrected chi connectivity index (χ4v) is 4.31. The molecule has 6 nitrogen and oxygen atoms in total. The van der Waals surface area contributed by atoms with Gasteiger partial charge >= 0.3 is 12.4 Å². The third-order valence-corrected chi connectivity index (χ3v) is 6.39. The van der Waals surface area contributed by atoms with Gasteiger partial charge in [0.05, 0.1) is 11.1 Å². The maximum atomic E-state index is 13.3. The predicted molar refractivity (Wildman–Crippen MR) is 132 cm³/mol. The van der Waals surface area contributed by atoms with Crippen LogP contribution < -0.4 is 10.6 Å². The van der Waals surface area contributed by atoms with Gasteiger partial charge in [-0.3, -0.25) is 14.9 Å². The molecule has 0 radical (unpaired) electrons. The molecule has 208 valence electrons. The molecule has 0 bridgehead atoms. The van der Waals surface area contributed by atoms with Crippen molar-refractivity contribution >= 4 is 28.3 Å². The highest BCUT2D eigenvalue weighted by molar-refractivity contribution is 7.18. The predicted octanol–water partition coefficient (Wildman–Crippen LogP) is 6.36. The third-order valence-electron chi connectivity index (χ3n) is 5.50. The fourth-order valence-electron chi connectivity index (χ4n) is 3.56. The highest BCUT2D eigenvalue weighted by atomic mass is 32.1. The molecule has 0 saturated carbocycles. The number of benzene rings is 3. The molecule has 0 aliphatic heterocycles. The van der Waals surface area contributed by atoms with E-state index in [0.29, 0.717) is 16.1 Å². The van der Waals surface area contributed by atoms with E-state index >= 15 is 0 Å². The molecule has 1 atom stereocenters. The minimum Gasteiger partial charge on any atom is -0.340 e. The number of nitrogens with zero attached hydrogens (tertiary/aromatic N) is 2. The monoisotopic (exact) mass is 582 g/mol. The Hall–Kier alpha value is -4.33. The number of alkyl halides is 6. The van der Waals surface area contributed by atoms with Crippen LogP contribution in [0.2, 0.25) is 0 Å². The van der Waals surface area contributed by atoms with Crippen LogP contribution in [0.5, 0.6) is 0 Å². The topological polar surface area (TPSA) is 84.0 Å². The van der Waals surface area contributed by atoms with Gasteiger partial charge in [0.2, 0.25) is 11.0 Å². The van der Waals surface area contributed by atoms with Crippen molar-refractivity contribution in [2.24, 2.45) is 0 Å². The highest BCUT2D eigenvalue weighted by Gasteiger charge is 2.38. The van der Waals surface area contributed by atoms with Crippen molar-refractivity contribution in [1.82, 2.24) is 15.5 Å². The van der Waals surface area contributed by atoms with E-state index in [1.807, 2.05) is 0 Å². The molecule has 0 aliphatic rings. The first-order valence-electron chi connectivity index (χ1n) is 11.3. The van der Waals surface area contributed by atoms with Crippen molar-refractivity contribution in [2.45, 2.75) is 24.8 Å². The van der Waals surface area contributed by atoms with Crippen molar-refractivity contribution in [3.05, 3.63) is 101 Å². The number of halogens is 7. The summed E-state index contributed by atoms with van der Waals surface area (Å²) in [7, 11) is 0. The van der Waals surface area contributed by atoms with Gasteiger partial charge in [0.1, 0.15) is 16.9 Å². The number of carbonyl (C=O) groups is 2. The molecule has 2 amide bonds. The molecule has 0 saturated heterocycles. The highest BCUT2D eigenvalue weighted by Crippen LogP contribution is 2.36. The van der Waals surface area contributed by atoms with Crippen LogP contribution in [-0.2, 0) is 23.6 Å². The summed E-state index contributed by atoms with van der Waals surface area (Å²) < 4.78 is 92.8. The Bertz CT molecular complexity index is 1470. The second-order valence-corrected chi connectivity index (χ2v) is 9.40. The van der Waals surface area contributed by atoms with Gasteiger partial charge in [-0.15, -0.1) is 10.2 Å². The lowest BCUT2D eigenvalue weighted by Gasteiger charge is -2.19. The van der Waals surface area contributed by atoms with Crippen LogP contribution >= 0.6 is 11.3 Å². The summed E-state index contributed by atoms with van der Waals surface area (Å²) in [6.45, 7) is 0. The lowest BCUT2D eigenvalue weighted by Crippen LogP contribution is -2.45. The first-order valence-corrected chi connectivity index (χ1v) is 12.2. The first kappa shape index (κ1) is 28.7. The maximum absolute atomic E-state index is 13.3. The van der Waals surface area contributed by atoms with Gasteiger partial charge < -0.3 is 5.32 Å². The van der Waals surface area contributed by atoms with Gasteiger partial charge in [0, 0.05) is 17.5 Å². The standard InChI is InChI=1S/C26H17F7N4O2S/c27-19-8-6-15(7-9-19)23-36-37-24(40-23)35-22(39)20(10-14-4-2-1-3-5-14)34-21(38)16-11-17(25(28,29)30)13-18(12-16)26(31,32)33/h1-9,11-13,20H,10H2,(H,34,38)(H,35,37,39). The van der Waals surface area contributed by atoms with Gasteiger partial charge in [0.25, 0.3) is 5.91 Å². The molecule has 1 unspecified atom stereocenters. The largest absolute Gasteiger partial charge is 0.416 e. The van der Waals surface area contributed by atoms with Gasteiger partial charge in [-0.2, -0.15) is 26.3 Å². The summed E-state index contributed by atoms with van der Waals surface area (Å²) in [5.41, 5.74) is -3.20. The molecule has 1 aromatic heterocycles. The number of amides is 2.